The number of anilines is 2. The molecule has 0 aliphatic carbocycles. The summed E-state index contributed by atoms with van der Waals surface area (Å²) in [5.74, 6) is -0.760. The first-order valence-electron chi connectivity index (χ1n) is 15.8. The van der Waals surface area contributed by atoms with Crippen molar-refractivity contribution in [1.29, 1.82) is 0 Å². The molecule has 2 aromatic rings. The molecule has 0 atom stereocenters. The third kappa shape index (κ3) is 8.43. The Kier molecular flexibility index (Phi) is 10.8. The number of urea groups is 1. The number of hydrogen-bond donors (Lipinski definition) is 1. The van der Waals surface area contributed by atoms with Crippen LogP contribution < -0.4 is 15.1 Å². The lowest BCUT2D eigenvalue weighted by molar-refractivity contribution is -0.169. The van der Waals surface area contributed by atoms with Gasteiger partial charge in [-0.15, -0.1) is 0 Å². The maximum Gasteiger partial charge on any atom is 0.317 e. The Morgan fingerprint density at radius 3 is 1.80 bits per heavy atom. The van der Waals surface area contributed by atoms with Gasteiger partial charge in [0.15, 0.2) is 5.79 Å². The number of halogens is 2. The first-order chi connectivity index (χ1) is 21.5. The summed E-state index contributed by atoms with van der Waals surface area (Å²) >= 11 is 0. The fourth-order valence-electron chi connectivity index (χ4n) is 6.56. The molecule has 10 nitrogen and oxygen atoms in total. The number of benzene rings is 2. The summed E-state index contributed by atoms with van der Waals surface area (Å²) in [7, 11) is -1.40. The van der Waals surface area contributed by atoms with Crippen molar-refractivity contribution >= 4 is 27.4 Å². The average Bonchev–Trinajstić information content (AvgIpc) is 3.50. The van der Waals surface area contributed by atoms with Crippen molar-refractivity contribution in [3.8, 4) is 0 Å². The fraction of sp³-hybridized carbons (Fsp3) is 0.594. The molecule has 45 heavy (non-hydrogen) atoms. The third-order valence-electron chi connectivity index (χ3n) is 9.31. The molecule has 4 aliphatic rings. The minimum Gasteiger partial charge on any atom is -0.369 e. The third-order valence-corrected chi connectivity index (χ3v) is 10.6. The molecule has 6 rings (SSSR count). The van der Waals surface area contributed by atoms with E-state index in [1.807, 2.05) is 23.1 Å². The second kappa shape index (κ2) is 14.6. The van der Waals surface area contributed by atoms with Gasteiger partial charge in [-0.1, -0.05) is 24.3 Å². The summed E-state index contributed by atoms with van der Waals surface area (Å²) in [6.07, 6.45) is 5.65. The summed E-state index contributed by atoms with van der Waals surface area (Å²) in [5, 5.41) is 3.08. The zero-order valence-electron chi connectivity index (χ0n) is 26.2. The van der Waals surface area contributed by atoms with E-state index in [1.165, 1.54) is 22.7 Å². The number of carbonyl (C=O) groups is 1. The topological polar surface area (TPSA) is 94.7 Å². The minimum atomic E-state index is -3.17. The Morgan fingerprint density at radius 2 is 1.31 bits per heavy atom. The molecule has 13 heteroatoms. The van der Waals surface area contributed by atoms with Crippen LogP contribution in [0.5, 0.6) is 0 Å². The second-order valence-electron chi connectivity index (χ2n) is 12.2. The summed E-state index contributed by atoms with van der Waals surface area (Å²) in [6, 6.07) is 13.6. The standard InChI is InChI=1S/C19H29FN4O3S.C13H16FNO2/c1-22(16-9-13-24(14-10-16)28(2,26)27)19(25)21-15-7-11-23(12-8-15)18-6-4-3-5-17(18)20;14-11-3-1-2-4-12(11)15-7-5-13(6-8-15)16-9-10-17-13/h3-6,15-16H,7-14H2,1-2H3,(H,21,25);1-4H,5-10H2. The van der Waals surface area contributed by atoms with Crippen LogP contribution in [0.4, 0.5) is 25.0 Å². The highest BCUT2D eigenvalue weighted by molar-refractivity contribution is 7.88. The molecule has 2 aromatic carbocycles. The van der Waals surface area contributed by atoms with Crippen LogP contribution in [0, 0.1) is 11.6 Å². The molecule has 4 aliphatic heterocycles. The van der Waals surface area contributed by atoms with E-state index in [0.29, 0.717) is 63.6 Å². The molecule has 1 spiro atoms. The van der Waals surface area contributed by atoms with Crippen molar-refractivity contribution in [3.05, 3.63) is 60.2 Å². The summed E-state index contributed by atoms with van der Waals surface area (Å²) in [4.78, 5) is 18.4. The molecular formula is C32H45F2N5O5S. The molecule has 1 N–H and O–H groups in total. The van der Waals surface area contributed by atoms with Crippen LogP contribution in [-0.2, 0) is 19.5 Å². The Bertz CT molecular complexity index is 1380. The fourth-order valence-corrected chi connectivity index (χ4v) is 7.43. The lowest BCUT2D eigenvalue weighted by Crippen LogP contribution is -2.53. The summed E-state index contributed by atoms with van der Waals surface area (Å²) in [6.45, 7) is 5.20. The lowest BCUT2D eigenvalue weighted by atomic mass is 10.0. The number of amides is 2. The first kappa shape index (κ1) is 33.4. The average molecular weight is 650 g/mol. The predicted octanol–water partition coefficient (Wildman–Crippen LogP) is 4.03. The highest BCUT2D eigenvalue weighted by Gasteiger charge is 2.40. The van der Waals surface area contributed by atoms with Crippen molar-refractivity contribution in [1.82, 2.24) is 14.5 Å². The van der Waals surface area contributed by atoms with E-state index in [4.69, 9.17) is 9.47 Å². The van der Waals surface area contributed by atoms with Gasteiger partial charge in [0.05, 0.1) is 30.8 Å². The van der Waals surface area contributed by atoms with Gasteiger partial charge in [-0.25, -0.2) is 26.3 Å². The lowest BCUT2D eigenvalue weighted by Gasteiger charge is -2.38. The van der Waals surface area contributed by atoms with E-state index in [0.717, 1.165) is 38.8 Å². The number of piperidine rings is 3. The molecular weight excluding hydrogens is 604 g/mol. The van der Waals surface area contributed by atoms with Gasteiger partial charge >= 0.3 is 6.03 Å². The molecule has 0 saturated carbocycles. The number of ether oxygens (including phenoxy) is 2. The van der Waals surface area contributed by atoms with Gasteiger partial charge in [0.1, 0.15) is 11.6 Å². The monoisotopic (exact) mass is 649 g/mol. The number of para-hydroxylation sites is 2. The Hall–Kier alpha value is -3.00. The van der Waals surface area contributed by atoms with Crippen LogP contribution in [0.25, 0.3) is 0 Å². The van der Waals surface area contributed by atoms with Crippen LogP contribution in [-0.4, -0.2) is 107 Å². The minimum absolute atomic E-state index is 0.0384. The van der Waals surface area contributed by atoms with Crippen molar-refractivity contribution in [2.75, 3.05) is 75.6 Å². The van der Waals surface area contributed by atoms with E-state index in [2.05, 4.69) is 10.2 Å². The van der Waals surface area contributed by atoms with Crippen molar-refractivity contribution in [2.24, 2.45) is 0 Å². The zero-order valence-corrected chi connectivity index (χ0v) is 27.0. The molecule has 0 radical (unpaired) electrons. The Balaban J connectivity index is 0.000000200. The van der Waals surface area contributed by atoms with E-state index >= 15 is 0 Å². The molecule has 4 heterocycles. The van der Waals surface area contributed by atoms with Crippen LogP contribution in [0.1, 0.15) is 38.5 Å². The van der Waals surface area contributed by atoms with Crippen LogP contribution in [0.2, 0.25) is 0 Å². The molecule has 0 aromatic heterocycles. The number of hydrogen-bond acceptors (Lipinski definition) is 7. The number of carbonyl (C=O) groups excluding carboxylic acids is 1. The largest absolute Gasteiger partial charge is 0.369 e. The number of rotatable bonds is 5. The van der Waals surface area contributed by atoms with Crippen molar-refractivity contribution < 1.29 is 31.5 Å². The van der Waals surface area contributed by atoms with Crippen molar-refractivity contribution in [2.45, 2.75) is 56.4 Å². The zero-order chi connectivity index (χ0) is 32.0. The first-order valence-corrected chi connectivity index (χ1v) is 17.6. The van der Waals surface area contributed by atoms with Gasteiger partial charge in [0, 0.05) is 71.2 Å². The highest BCUT2D eigenvalue weighted by atomic mass is 32.2. The molecule has 0 bridgehead atoms. The van der Waals surface area contributed by atoms with Gasteiger partial charge in [-0.2, -0.15) is 0 Å². The van der Waals surface area contributed by atoms with Crippen LogP contribution in [0.15, 0.2) is 48.5 Å². The normalized spacial score (nSPS) is 21.3. The van der Waals surface area contributed by atoms with Crippen LogP contribution >= 0.6 is 0 Å². The summed E-state index contributed by atoms with van der Waals surface area (Å²) < 4.78 is 63.6. The predicted molar refractivity (Wildman–Crippen MR) is 170 cm³/mol. The van der Waals surface area contributed by atoms with E-state index in [1.54, 1.807) is 30.1 Å². The van der Waals surface area contributed by atoms with Crippen LogP contribution in [0.3, 0.4) is 0 Å². The molecule has 4 fully saturated rings. The maximum atomic E-state index is 13.9. The van der Waals surface area contributed by atoms with Gasteiger partial charge < -0.3 is 29.5 Å². The van der Waals surface area contributed by atoms with Gasteiger partial charge in [-0.05, 0) is 49.9 Å². The quantitative estimate of drug-likeness (QED) is 0.523. The number of sulfonamides is 1. The molecule has 248 valence electrons. The van der Waals surface area contributed by atoms with Gasteiger partial charge in [-0.3, -0.25) is 0 Å². The molecule has 2 amide bonds. The molecule has 4 saturated heterocycles. The van der Waals surface area contributed by atoms with Gasteiger partial charge in [0.2, 0.25) is 10.0 Å². The number of nitrogens with one attached hydrogen (secondary N) is 1. The SMILES string of the molecule is CN(C(=O)NC1CCN(c2ccccc2F)CC1)C1CCN(S(C)(=O)=O)CC1.Fc1ccccc1N1CCC2(CC1)OCCO2. The smallest absolute Gasteiger partial charge is 0.317 e. The van der Waals surface area contributed by atoms with Crippen molar-refractivity contribution in [3.63, 3.8) is 0 Å². The number of nitrogens with zero attached hydrogens (tertiary/aromatic N) is 4. The second-order valence-corrected chi connectivity index (χ2v) is 14.2. The van der Waals surface area contributed by atoms with E-state index in [9.17, 15) is 22.0 Å². The van der Waals surface area contributed by atoms with E-state index < -0.39 is 10.0 Å². The highest BCUT2D eigenvalue weighted by Crippen LogP contribution is 2.33. The molecule has 0 unspecified atom stereocenters. The Labute approximate surface area is 265 Å². The van der Waals surface area contributed by atoms with Gasteiger partial charge in [0.25, 0.3) is 0 Å². The summed E-state index contributed by atoms with van der Waals surface area (Å²) in [5.41, 5.74) is 1.29. The van der Waals surface area contributed by atoms with E-state index in [-0.39, 0.29) is 35.5 Å². The maximum absolute atomic E-state index is 13.9. The Morgan fingerprint density at radius 1 is 0.822 bits per heavy atom.